The maximum atomic E-state index is 13.1. The van der Waals surface area contributed by atoms with Gasteiger partial charge in [0.25, 0.3) is 5.91 Å². The summed E-state index contributed by atoms with van der Waals surface area (Å²) in [7, 11) is 1.55. The van der Waals surface area contributed by atoms with Gasteiger partial charge in [-0.05, 0) is 54.3 Å². The van der Waals surface area contributed by atoms with Crippen LogP contribution in [-0.4, -0.2) is 41.5 Å². The first kappa shape index (κ1) is 23.2. The molecule has 0 spiro atoms. The number of rotatable bonds is 7. The Balaban J connectivity index is 1.50. The normalized spacial score (nSPS) is 19.8. The fraction of sp³-hybridized carbons (Fsp3) is 0.304. The molecule has 32 heavy (non-hydrogen) atoms. The zero-order valence-corrected chi connectivity index (χ0v) is 20.5. The average molecular weight is 538 g/mol. The molecule has 1 atom stereocenters. The number of halogens is 2. The number of benzene rings is 2. The van der Waals surface area contributed by atoms with Crippen LogP contribution in [0, 0.1) is 5.82 Å². The first-order chi connectivity index (χ1) is 15.4. The summed E-state index contributed by atoms with van der Waals surface area (Å²) in [4.78, 5) is 15.1. The zero-order valence-electron chi connectivity index (χ0n) is 17.3. The van der Waals surface area contributed by atoms with Crippen molar-refractivity contribution in [3.63, 3.8) is 0 Å². The number of hydrogen-bond donors (Lipinski definition) is 0. The highest BCUT2D eigenvalue weighted by atomic mass is 79.9. The average Bonchev–Trinajstić information content (AvgIpc) is 3.39. The van der Waals surface area contributed by atoms with Crippen LogP contribution in [0.4, 0.5) is 4.39 Å². The molecular formula is C23H21BrFNO4S2. The Morgan fingerprint density at radius 3 is 2.78 bits per heavy atom. The number of amides is 1. The van der Waals surface area contributed by atoms with Crippen molar-refractivity contribution in [2.75, 3.05) is 20.3 Å². The van der Waals surface area contributed by atoms with Crippen molar-refractivity contribution in [2.24, 2.45) is 0 Å². The lowest BCUT2D eigenvalue weighted by molar-refractivity contribution is -0.123. The van der Waals surface area contributed by atoms with E-state index in [-0.39, 0.29) is 24.4 Å². The van der Waals surface area contributed by atoms with Crippen LogP contribution in [0.1, 0.15) is 24.0 Å². The van der Waals surface area contributed by atoms with E-state index in [9.17, 15) is 9.18 Å². The predicted molar refractivity (Wildman–Crippen MR) is 130 cm³/mol. The van der Waals surface area contributed by atoms with Crippen LogP contribution in [0.2, 0.25) is 0 Å². The van der Waals surface area contributed by atoms with Gasteiger partial charge in [-0.15, -0.1) is 0 Å². The minimum absolute atomic E-state index is 0.0428. The lowest BCUT2D eigenvalue weighted by Crippen LogP contribution is -2.35. The van der Waals surface area contributed by atoms with Gasteiger partial charge in [0.2, 0.25) is 0 Å². The van der Waals surface area contributed by atoms with Gasteiger partial charge in [0.1, 0.15) is 16.7 Å². The van der Waals surface area contributed by atoms with Gasteiger partial charge >= 0.3 is 0 Å². The molecule has 5 nitrogen and oxygen atoms in total. The number of methoxy groups -OCH3 is 1. The number of carbonyl (C=O) groups excluding carboxylic acids is 1. The van der Waals surface area contributed by atoms with Crippen molar-refractivity contribution in [1.29, 1.82) is 0 Å². The summed E-state index contributed by atoms with van der Waals surface area (Å²) in [5.41, 5.74) is 1.61. The van der Waals surface area contributed by atoms with Crippen molar-refractivity contribution in [3.05, 3.63) is 62.7 Å². The maximum Gasteiger partial charge on any atom is 0.266 e. The summed E-state index contributed by atoms with van der Waals surface area (Å²) < 4.78 is 31.4. The highest BCUT2D eigenvalue weighted by Gasteiger charge is 2.34. The second-order valence-corrected chi connectivity index (χ2v) is 9.90. The lowest BCUT2D eigenvalue weighted by atomic mass is 10.1. The Morgan fingerprint density at radius 2 is 2.09 bits per heavy atom. The molecule has 2 aromatic carbocycles. The number of hydrogen-bond acceptors (Lipinski definition) is 6. The summed E-state index contributed by atoms with van der Waals surface area (Å²) in [5.74, 6) is 0.654. The van der Waals surface area contributed by atoms with E-state index in [0.29, 0.717) is 27.3 Å². The molecule has 2 aliphatic rings. The van der Waals surface area contributed by atoms with E-state index >= 15 is 0 Å². The smallest absolute Gasteiger partial charge is 0.266 e. The fourth-order valence-electron chi connectivity index (χ4n) is 3.47. The molecule has 0 radical (unpaired) electrons. The van der Waals surface area contributed by atoms with Crippen LogP contribution in [0.15, 0.2) is 45.8 Å². The van der Waals surface area contributed by atoms with E-state index < -0.39 is 0 Å². The molecule has 1 amide bonds. The van der Waals surface area contributed by atoms with Gasteiger partial charge in [0, 0.05) is 11.1 Å². The molecule has 0 aliphatic carbocycles. The number of thiocarbonyl (C=S) groups is 1. The number of thioether (sulfide) groups is 1. The summed E-state index contributed by atoms with van der Waals surface area (Å²) in [6, 6.07) is 9.72. The number of nitrogens with zero attached hydrogens (tertiary/aromatic N) is 1. The monoisotopic (exact) mass is 537 g/mol. The first-order valence-electron chi connectivity index (χ1n) is 10.1. The number of ether oxygens (including phenoxy) is 3. The van der Waals surface area contributed by atoms with Gasteiger partial charge in [-0.2, -0.15) is 0 Å². The molecule has 0 N–H and O–H groups in total. The third-order valence-electron chi connectivity index (χ3n) is 5.16. The molecule has 2 heterocycles. The quantitative estimate of drug-likeness (QED) is 0.340. The molecule has 0 bridgehead atoms. The highest BCUT2D eigenvalue weighted by molar-refractivity contribution is 9.10. The van der Waals surface area contributed by atoms with Crippen LogP contribution < -0.4 is 9.47 Å². The van der Waals surface area contributed by atoms with E-state index in [1.807, 2.05) is 0 Å². The second-order valence-electron chi connectivity index (χ2n) is 7.37. The van der Waals surface area contributed by atoms with Crippen molar-refractivity contribution in [1.82, 2.24) is 4.90 Å². The fourth-order valence-corrected chi connectivity index (χ4v) is 5.17. The van der Waals surface area contributed by atoms with Gasteiger partial charge in [0.15, 0.2) is 11.5 Å². The summed E-state index contributed by atoms with van der Waals surface area (Å²) >= 11 is 10.3. The molecular weight excluding hydrogens is 517 g/mol. The minimum Gasteiger partial charge on any atom is -0.493 e. The van der Waals surface area contributed by atoms with Gasteiger partial charge in [-0.25, -0.2) is 4.39 Å². The minimum atomic E-state index is -0.292. The standard InChI is InChI=1S/C23H21BrFNO4S2/c1-28-19-9-15(18(24)11-20(19)30-13-14-4-6-16(25)7-5-14)10-21-22(27)26(23(31)32-21)12-17-3-2-8-29-17/h4-7,9-11,17H,2-3,8,12-13H2,1H3/b21-10-/t17-/m1/s1. The maximum absolute atomic E-state index is 13.1. The predicted octanol–water partition coefficient (Wildman–Crippen LogP) is 5.56. The molecule has 0 saturated carbocycles. The second kappa shape index (κ2) is 10.3. The molecule has 2 aliphatic heterocycles. The third-order valence-corrected chi connectivity index (χ3v) is 7.23. The van der Waals surface area contributed by atoms with Gasteiger partial charge < -0.3 is 14.2 Å². The van der Waals surface area contributed by atoms with Gasteiger partial charge in [0.05, 0.1) is 24.7 Å². The number of carbonyl (C=O) groups is 1. The van der Waals surface area contributed by atoms with Crippen LogP contribution in [0.25, 0.3) is 6.08 Å². The largest absolute Gasteiger partial charge is 0.493 e. The van der Waals surface area contributed by atoms with Crippen LogP contribution in [-0.2, 0) is 16.1 Å². The molecule has 2 aromatic rings. The molecule has 4 rings (SSSR count). The van der Waals surface area contributed by atoms with Gasteiger partial charge in [-0.3, -0.25) is 9.69 Å². The van der Waals surface area contributed by atoms with E-state index in [4.69, 9.17) is 26.4 Å². The molecule has 0 unspecified atom stereocenters. The Morgan fingerprint density at radius 1 is 1.31 bits per heavy atom. The van der Waals surface area contributed by atoms with Crippen molar-refractivity contribution in [2.45, 2.75) is 25.6 Å². The van der Waals surface area contributed by atoms with Crippen molar-refractivity contribution in [3.8, 4) is 11.5 Å². The SMILES string of the molecule is COc1cc(/C=C2\SC(=S)N(C[C@H]3CCCO3)C2=O)c(Br)cc1OCc1ccc(F)cc1. The Bertz CT molecular complexity index is 1050. The Labute approximate surface area is 204 Å². The molecule has 2 saturated heterocycles. The molecule has 168 valence electrons. The molecule has 2 fully saturated rings. The van der Waals surface area contributed by atoms with E-state index in [1.54, 1.807) is 42.4 Å². The Hall–Kier alpha value is -1.94. The van der Waals surface area contributed by atoms with E-state index in [1.165, 1.54) is 23.9 Å². The summed E-state index contributed by atoms with van der Waals surface area (Å²) in [5, 5.41) is 0. The van der Waals surface area contributed by atoms with E-state index in [0.717, 1.165) is 35.0 Å². The van der Waals surface area contributed by atoms with Crippen LogP contribution in [0.5, 0.6) is 11.5 Å². The van der Waals surface area contributed by atoms with Crippen molar-refractivity contribution >= 4 is 56.2 Å². The first-order valence-corrected chi connectivity index (χ1v) is 12.1. The lowest BCUT2D eigenvalue weighted by Gasteiger charge is -2.18. The van der Waals surface area contributed by atoms with Gasteiger partial charge in [-0.1, -0.05) is 52.0 Å². The molecule has 0 aromatic heterocycles. The highest BCUT2D eigenvalue weighted by Crippen LogP contribution is 2.38. The Kier molecular flexibility index (Phi) is 7.50. The molecule has 9 heteroatoms. The van der Waals surface area contributed by atoms with Crippen LogP contribution in [0.3, 0.4) is 0 Å². The van der Waals surface area contributed by atoms with Crippen LogP contribution >= 0.6 is 39.9 Å². The topological polar surface area (TPSA) is 48.0 Å². The van der Waals surface area contributed by atoms with Crippen molar-refractivity contribution < 1.29 is 23.4 Å². The van der Waals surface area contributed by atoms with E-state index in [2.05, 4.69) is 15.9 Å². The third kappa shape index (κ3) is 5.33. The summed E-state index contributed by atoms with van der Waals surface area (Å²) in [6.45, 7) is 1.49. The summed E-state index contributed by atoms with van der Waals surface area (Å²) in [6.07, 6.45) is 3.79. The zero-order chi connectivity index (χ0) is 22.7.